The summed E-state index contributed by atoms with van der Waals surface area (Å²) in [7, 11) is 1.63. The summed E-state index contributed by atoms with van der Waals surface area (Å²) in [5.74, 6) is 0.760. The van der Waals surface area contributed by atoms with E-state index in [4.69, 9.17) is 4.74 Å². The molecule has 16 heavy (non-hydrogen) atoms. The smallest absolute Gasteiger partial charge is 0.221 e. The van der Waals surface area contributed by atoms with Crippen LogP contribution in [0.1, 0.15) is 33.3 Å². The Balaban J connectivity index is 0. The van der Waals surface area contributed by atoms with Crippen molar-refractivity contribution in [1.82, 2.24) is 0 Å². The molecule has 0 radical (unpaired) electrons. The second-order valence-electron chi connectivity index (χ2n) is 3.32. The molecule has 1 amide bonds. The van der Waals surface area contributed by atoms with Gasteiger partial charge >= 0.3 is 0 Å². The average molecular weight is 225 g/mol. The van der Waals surface area contributed by atoms with Crippen molar-refractivity contribution in [2.24, 2.45) is 0 Å². The third kappa shape index (κ3) is 3.93. The third-order valence-corrected chi connectivity index (χ3v) is 2.04. The normalized spacial score (nSPS) is 8.88. The Labute approximate surface area is 99.3 Å². The van der Waals surface area contributed by atoms with E-state index >= 15 is 0 Å². The van der Waals surface area contributed by atoms with Gasteiger partial charge in [-0.2, -0.15) is 0 Å². The highest BCUT2D eigenvalue weighted by Gasteiger charge is 2.06. The SMILES string of the molecule is CC.COc1cc(C)c(NC(C)=O)c(C)c1.[HH]. The zero-order chi connectivity index (χ0) is 12.7. The molecule has 0 fully saturated rings. The van der Waals surface area contributed by atoms with Crippen molar-refractivity contribution in [2.45, 2.75) is 34.6 Å². The van der Waals surface area contributed by atoms with Gasteiger partial charge in [0.1, 0.15) is 5.75 Å². The van der Waals surface area contributed by atoms with Gasteiger partial charge in [-0.05, 0) is 37.1 Å². The zero-order valence-corrected chi connectivity index (χ0v) is 11.0. The van der Waals surface area contributed by atoms with Crippen LogP contribution in [0.4, 0.5) is 5.69 Å². The molecule has 92 valence electrons. The van der Waals surface area contributed by atoms with Crippen LogP contribution in [0, 0.1) is 13.8 Å². The number of hydrogen-bond acceptors (Lipinski definition) is 2. The van der Waals surface area contributed by atoms with E-state index in [1.807, 2.05) is 39.8 Å². The fourth-order valence-corrected chi connectivity index (χ4v) is 1.41. The number of carbonyl (C=O) groups excluding carboxylic acids is 1. The summed E-state index contributed by atoms with van der Waals surface area (Å²) >= 11 is 0. The molecule has 0 aliphatic heterocycles. The molecule has 0 aliphatic carbocycles. The number of hydrogen-bond donors (Lipinski definition) is 1. The quantitative estimate of drug-likeness (QED) is 0.836. The van der Waals surface area contributed by atoms with Crippen LogP contribution in [0.25, 0.3) is 0 Å². The van der Waals surface area contributed by atoms with Gasteiger partial charge in [0.15, 0.2) is 0 Å². The lowest BCUT2D eigenvalue weighted by Crippen LogP contribution is -2.08. The molecule has 3 heteroatoms. The van der Waals surface area contributed by atoms with Gasteiger partial charge in [-0.25, -0.2) is 0 Å². The highest BCUT2D eigenvalue weighted by Crippen LogP contribution is 2.25. The van der Waals surface area contributed by atoms with E-state index in [9.17, 15) is 4.79 Å². The van der Waals surface area contributed by atoms with Crippen molar-refractivity contribution in [2.75, 3.05) is 12.4 Å². The maximum atomic E-state index is 10.9. The summed E-state index contributed by atoms with van der Waals surface area (Å²) in [5.41, 5.74) is 2.90. The van der Waals surface area contributed by atoms with Gasteiger partial charge in [-0.1, -0.05) is 13.8 Å². The molecule has 0 saturated heterocycles. The van der Waals surface area contributed by atoms with Crippen LogP contribution in [0.2, 0.25) is 0 Å². The van der Waals surface area contributed by atoms with Crippen LogP contribution >= 0.6 is 0 Å². The third-order valence-electron chi connectivity index (χ3n) is 2.04. The minimum absolute atomic E-state index is 0. The minimum atomic E-state index is -0.0543. The number of methoxy groups -OCH3 is 1. The Morgan fingerprint density at radius 3 is 2.00 bits per heavy atom. The summed E-state index contributed by atoms with van der Waals surface area (Å²) in [6.45, 7) is 9.39. The van der Waals surface area contributed by atoms with Crippen molar-refractivity contribution in [1.29, 1.82) is 0 Å². The molecule has 0 aliphatic rings. The van der Waals surface area contributed by atoms with E-state index in [0.29, 0.717) is 0 Å². The number of ether oxygens (including phenoxy) is 1. The van der Waals surface area contributed by atoms with Crippen molar-refractivity contribution in [3.05, 3.63) is 23.3 Å². The molecule has 0 spiro atoms. The average Bonchev–Trinajstić information content (AvgIpc) is 2.25. The van der Waals surface area contributed by atoms with E-state index < -0.39 is 0 Å². The molecule has 0 atom stereocenters. The molecule has 1 aromatic carbocycles. The van der Waals surface area contributed by atoms with Gasteiger partial charge < -0.3 is 10.1 Å². The predicted molar refractivity (Wildman–Crippen MR) is 70.2 cm³/mol. The van der Waals surface area contributed by atoms with Gasteiger partial charge in [0, 0.05) is 14.0 Å². The number of anilines is 1. The summed E-state index contributed by atoms with van der Waals surface area (Å²) in [6.07, 6.45) is 0. The summed E-state index contributed by atoms with van der Waals surface area (Å²) < 4.78 is 5.12. The Bertz CT molecular complexity index is 341. The Morgan fingerprint density at radius 1 is 1.25 bits per heavy atom. The molecule has 0 heterocycles. The highest BCUT2D eigenvalue weighted by molar-refractivity contribution is 5.90. The van der Waals surface area contributed by atoms with Gasteiger partial charge in [0.25, 0.3) is 0 Å². The number of aryl methyl sites for hydroxylation is 2. The highest BCUT2D eigenvalue weighted by atomic mass is 16.5. The fraction of sp³-hybridized carbons (Fsp3) is 0.462. The first-order chi connectivity index (χ1) is 7.54. The summed E-state index contributed by atoms with van der Waals surface area (Å²) in [4.78, 5) is 10.9. The maximum absolute atomic E-state index is 10.9. The predicted octanol–water partition coefficient (Wildman–Crippen LogP) is 3.54. The first-order valence-electron chi connectivity index (χ1n) is 5.47. The van der Waals surface area contributed by atoms with Crippen LogP contribution in [0.3, 0.4) is 0 Å². The van der Waals surface area contributed by atoms with Crippen LogP contribution in [-0.4, -0.2) is 13.0 Å². The molecule has 1 aromatic rings. The Kier molecular flexibility index (Phi) is 6.23. The molecule has 1 N–H and O–H groups in total. The van der Waals surface area contributed by atoms with E-state index in [1.165, 1.54) is 6.92 Å². The van der Waals surface area contributed by atoms with Crippen molar-refractivity contribution >= 4 is 11.6 Å². The zero-order valence-electron chi connectivity index (χ0n) is 11.0. The standard InChI is InChI=1S/C11H15NO2.C2H6.H2/c1-7-5-10(14-4)6-8(2)11(7)12-9(3)13;1-2;/h5-6H,1-4H3,(H,12,13);1-2H3;1H. The Hall–Kier alpha value is -1.51. The molecule has 0 aromatic heterocycles. The molecular formula is C13H23NO2. The fourth-order valence-electron chi connectivity index (χ4n) is 1.41. The largest absolute Gasteiger partial charge is 0.497 e. The second-order valence-corrected chi connectivity index (χ2v) is 3.32. The first kappa shape index (κ1) is 14.5. The van der Waals surface area contributed by atoms with Gasteiger partial charge in [-0.3, -0.25) is 4.79 Å². The van der Waals surface area contributed by atoms with Gasteiger partial charge in [0.05, 0.1) is 7.11 Å². The Morgan fingerprint density at radius 2 is 1.69 bits per heavy atom. The number of rotatable bonds is 2. The maximum Gasteiger partial charge on any atom is 0.221 e. The molecule has 0 bridgehead atoms. The van der Waals surface area contributed by atoms with Crippen molar-refractivity contribution in [3.8, 4) is 5.75 Å². The van der Waals surface area contributed by atoms with E-state index in [1.54, 1.807) is 7.11 Å². The second kappa shape index (κ2) is 6.88. The summed E-state index contributed by atoms with van der Waals surface area (Å²) in [5, 5.41) is 2.80. The lowest BCUT2D eigenvalue weighted by molar-refractivity contribution is -0.114. The number of nitrogens with one attached hydrogen (secondary N) is 1. The number of amides is 1. The van der Waals surface area contributed by atoms with Gasteiger partial charge in [0.2, 0.25) is 5.91 Å². The summed E-state index contributed by atoms with van der Waals surface area (Å²) in [6, 6.07) is 3.80. The number of carbonyl (C=O) groups is 1. The lowest BCUT2D eigenvalue weighted by atomic mass is 10.1. The van der Waals surface area contributed by atoms with Crippen LogP contribution in [0.5, 0.6) is 5.75 Å². The van der Waals surface area contributed by atoms with E-state index in [0.717, 1.165) is 22.6 Å². The lowest BCUT2D eigenvalue weighted by Gasteiger charge is -2.11. The van der Waals surface area contributed by atoms with Crippen LogP contribution in [0.15, 0.2) is 12.1 Å². The van der Waals surface area contributed by atoms with Crippen LogP contribution in [-0.2, 0) is 4.79 Å². The van der Waals surface area contributed by atoms with Crippen LogP contribution < -0.4 is 10.1 Å². The molecule has 0 saturated carbocycles. The number of benzene rings is 1. The van der Waals surface area contributed by atoms with E-state index in [2.05, 4.69) is 5.32 Å². The molecule has 3 nitrogen and oxygen atoms in total. The van der Waals surface area contributed by atoms with Crippen molar-refractivity contribution in [3.63, 3.8) is 0 Å². The molecule has 0 unspecified atom stereocenters. The van der Waals surface area contributed by atoms with E-state index in [-0.39, 0.29) is 7.33 Å². The topological polar surface area (TPSA) is 38.3 Å². The monoisotopic (exact) mass is 225 g/mol. The molecule has 1 rings (SSSR count). The first-order valence-corrected chi connectivity index (χ1v) is 5.47. The minimum Gasteiger partial charge on any atom is -0.497 e. The molecular weight excluding hydrogens is 202 g/mol. The van der Waals surface area contributed by atoms with Crippen molar-refractivity contribution < 1.29 is 11.0 Å². The van der Waals surface area contributed by atoms with Gasteiger partial charge in [-0.15, -0.1) is 0 Å².